The lowest BCUT2D eigenvalue weighted by atomic mass is 9.80. The minimum Gasteiger partial charge on any atom is -0.449 e. The Morgan fingerprint density at radius 2 is 2.07 bits per heavy atom. The molecule has 1 unspecified atom stereocenters. The average Bonchev–Trinajstić information content (AvgIpc) is 2.18. The second-order valence-corrected chi connectivity index (χ2v) is 4.14. The molecular weight excluding hydrogens is 204 g/mol. The van der Waals surface area contributed by atoms with Gasteiger partial charge in [-0.2, -0.15) is 0 Å². The average molecular weight is 221 g/mol. The number of carbonyl (C=O) groups is 1. The van der Waals surface area contributed by atoms with Gasteiger partial charge in [-0.3, -0.25) is 4.79 Å². The van der Waals surface area contributed by atoms with Crippen LogP contribution in [0, 0.1) is 11.8 Å². The predicted molar refractivity (Wildman–Crippen MR) is 53.9 cm³/mol. The van der Waals surface area contributed by atoms with Gasteiger partial charge in [0.2, 0.25) is 0 Å². The highest BCUT2D eigenvalue weighted by Gasteiger charge is 2.29. The molecule has 0 aromatic rings. The molecule has 0 radical (unpaired) electrons. The molecule has 0 bridgehead atoms. The summed E-state index contributed by atoms with van der Waals surface area (Å²) in [4.78, 5) is 11.3. The summed E-state index contributed by atoms with van der Waals surface area (Å²) in [6.45, 7) is 1.81. The first-order chi connectivity index (χ1) is 6.65. The molecule has 1 aliphatic rings. The number of ether oxygens (including phenoxy) is 1. The molecule has 82 valence electrons. The van der Waals surface area contributed by atoms with E-state index in [1.165, 1.54) is 0 Å². The second-order valence-electron chi connectivity index (χ2n) is 3.92. The minimum absolute atomic E-state index is 0.0104. The minimum atomic E-state index is -0.264. The van der Waals surface area contributed by atoms with E-state index in [9.17, 15) is 9.90 Å². The van der Waals surface area contributed by atoms with Crippen LogP contribution >= 0.6 is 11.6 Å². The fourth-order valence-electron chi connectivity index (χ4n) is 2.01. The first-order valence-electron chi connectivity index (χ1n) is 5.05. The number of aliphatic hydroxyl groups excluding tert-OH is 1. The van der Waals surface area contributed by atoms with Crippen LogP contribution in [-0.2, 0) is 9.53 Å². The van der Waals surface area contributed by atoms with Crippen molar-refractivity contribution in [2.24, 2.45) is 11.8 Å². The molecule has 4 heteroatoms. The number of hydrogen-bond acceptors (Lipinski definition) is 3. The zero-order valence-electron chi connectivity index (χ0n) is 8.41. The van der Waals surface area contributed by atoms with E-state index in [0.29, 0.717) is 5.92 Å². The number of esters is 1. The molecule has 3 nitrogen and oxygen atoms in total. The third-order valence-corrected chi connectivity index (χ3v) is 3.09. The highest BCUT2D eigenvalue weighted by Crippen LogP contribution is 2.31. The van der Waals surface area contributed by atoms with Crippen molar-refractivity contribution in [3.05, 3.63) is 0 Å². The summed E-state index contributed by atoms with van der Waals surface area (Å²) in [5, 5.41) is 9.37. The summed E-state index contributed by atoms with van der Waals surface area (Å²) in [5.74, 6) is 0.142. The smallest absolute Gasteiger partial charge is 0.310 e. The molecule has 1 N–H and O–H groups in total. The normalized spacial score (nSPS) is 29.6. The van der Waals surface area contributed by atoms with E-state index in [2.05, 4.69) is 0 Å². The molecule has 0 spiro atoms. The van der Waals surface area contributed by atoms with Gasteiger partial charge in [0.25, 0.3) is 0 Å². The molecule has 1 fully saturated rings. The van der Waals surface area contributed by atoms with E-state index in [1.807, 2.05) is 6.92 Å². The van der Waals surface area contributed by atoms with Crippen LogP contribution in [-0.4, -0.2) is 23.2 Å². The number of aliphatic hydroxyl groups is 1. The van der Waals surface area contributed by atoms with E-state index in [-0.39, 0.29) is 24.1 Å². The van der Waals surface area contributed by atoms with Gasteiger partial charge in [-0.15, -0.1) is 0 Å². The number of alkyl halides is 1. The molecule has 1 saturated carbocycles. The van der Waals surface area contributed by atoms with Crippen LogP contribution in [0.15, 0.2) is 0 Å². The Kier molecular flexibility index (Phi) is 4.69. The fraction of sp³-hybridized carbons (Fsp3) is 0.900. The summed E-state index contributed by atoms with van der Waals surface area (Å²) >= 11 is 5.31. The van der Waals surface area contributed by atoms with Crippen LogP contribution in [0.3, 0.4) is 0 Å². The van der Waals surface area contributed by atoms with Gasteiger partial charge in [-0.25, -0.2) is 0 Å². The lowest BCUT2D eigenvalue weighted by Gasteiger charge is -2.28. The van der Waals surface area contributed by atoms with Gasteiger partial charge < -0.3 is 9.84 Å². The molecule has 0 heterocycles. The van der Waals surface area contributed by atoms with Crippen LogP contribution in [0.1, 0.15) is 32.6 Å². The zero-order valence-corrected chi connectivity index (χ0v) is 9.17. The molecule has 14 heavy (non-hydrogen) atoms. The van der Waals surface area contributed by atoms with Crippen molar-refractivity contribution in [3.8, 4) is 0 Å². The first kappa shape index (κ1) is 11.8. The quantitative estimate of drug-likeness (QED) is 0.584. The SMILES string of the molecule is CC(O)C1CCC(C(=O)OCCl)CC1. The van der Waals surface area contributed by atoms with E-state index in [0.717, 1.165) is 25.7 Å². The van der Waals surface area contributed by atoms with Gasteiger partial charge in [-0.05, 0) is 38.5 Å². The van der Waals surface area contributed by atoms with Gasteiger partial charge in [0.05, 0.1) is 12.0 Å². The third-order valence-electron chi connectivity index (χ3n) is 2.98. The summed E-state index contributed by atoms with van der Waals surface area (Å²) in [6, 6.07) is -0.0604. The van der Waals surface area contributed by atoms with Gasteiger partial charge in [0.1, 0.15) is 0 Å². The molecule has 0 saturated heterocycles. The van der Waals surface area contributed by atoms with Gasteiger partial charge >= 0.3 is 5.97 Å². The van der Waals surface area contributed by atoms with Crippen LogP contribution in [0.4, 0.5) is 0 Å². The Bertz CT molecular complexity index is 186. The topological polar surface area (TPSA) is 46.5 Å². The van der Waals surface area contributed by atoms with Crippen molar-refractivity contribution >= 4 is 17.6 Å². The molecule has 0 aromatic heterocycles. The number of halogens is 1. The second kappa shape index (κ2) is 5.56. The largest absolute Gasteiger partial charge is 0.449 e. The number of rotatable bonds is 3. The number of carbonyl (C=O) groups excluding carboxylic acids is 1. The number of hydrogen-bond donors (Lipinski definition) is 1. The Labute approximate surface area is 89.4 Å². The fourth-order valence-corrected chi connectivity index (χ4v) is 2.12. The van der Waals surface area contributed by atoms with E-state index < -0.39 is 0 Å². The Balaban J connectivity index is 2.31. The van der Waals surface area contributed by atoms with Crippen molar-refractivity contribution in [1.82, 2.24) is 0 Å². The lowest BCUT2D eigenvalue weighted by molar-refractivity contribution is -0.148. The van der Waals surface area contributed by atoms with E-state index in [4.69, 9.17) is 16.3 Å². The maximum Gasteiger partial charge on any atom is 0.310 e. The molecule has 0 aliphatic heterocycles. The Morgan fingerprint density at radius 3 is 2.50 bits per heavy atom. The van der Waals surface area contributed by atoms with Gasteiger partial charge in [0, 0.05) is 0 Å². The van der Waals surface area contributed by atoms with Crippen LogP contribution in [0.25, 0.3) is 0 Å². The summed E-state index contributed by atoms with van der Waals surface area (Å²) in [6.07, 6.45) is 3.16. The summed E-state index contributed by atoms with van der Waals surface area (Å²) < 4.78 is 4.74. The monoisotopic (exact) mass is 220 g/mol. The standard InChI is InChI=1S/C10H17ClO3/c1-7(12)8-2-4-9(5-3-8)10(13)14-6-11/h7-9,12H,2-6H2,1H3. The molecule has 1 atom stereocenters. The highest BCUT2D eigenvalue weighted by atomic mass is 35.5. The van der Waals surface area contributed by atoms with Crippen molar-refractivity contribution in [2.45, 2.75) is 38.7 Å². The lowest BCUT2D eigenvalue weighted by Crippen LogP contribution is -2.27. The molecule has 0 aromatic carbocycles. The molecule has 1 rings (SSSR count). The van der Waals surface area contributed by atoms with Crippen molar-refractivity contribution in [2.75, 3.05) is 6.07 Å². The molecule has 1 aliphatic carbocycles. The third kappa shape index (κ3) is 3.14. The molecular formula is C10H17ClO3. The van der Waals surface area contributed by atoms with Crippen LogP contribution < -0.4 is 0 Å². The van der Waals surface area contributed by atoms with Crippen LogP contribution in [0.5, 0.6) is 0 Å². The maximum absolute atomic E-state index is 11.3. The Hall–Kier alpha value is -0.280. The van der Waals surface area contributed by atoms with E-state index >= 15 is 0 Å². The van der Waals surface area contributed by atoms with Crippen molar-refractivity contribution in [3.63, 3.8) is 0 Å². The molecule has 0 amide bonds. The van der Waals surface area contributed by atoms with Gasteiger partial charge in [0.15, 0.2) is 6.07 Å². The maximum atomic E-state index is 11.3. The van der Waals surface area contributed by atoms with Crippen LogP contribution in [0.2, 0.25) is 0 Å². The van der Waals surface area contributed by atoms with Gasteiger partial charge in [-0.1, -0.05) is 11.6 Å². The summed E-state index contributed by atoms with van der Waals surface area (Å²) in [5.41, 5.74) is 0. The van der Waals surface area contributed by atoms with E-state index in [1.54, 1.807) is 0 Å². The highest BCUT2D eigenvalue weighted by molar-refractivity contribution is 6.17. The summed E-state index contributed by atoms with van der Waals surface area (Å²) in [7, 11) is 0. The predicted octanol–water partition coefficient (Wildman–Crippen LogP) is 1.91. The zero-order chi connectivity index (χ0) is 10.6. The Morgan fingerprint density at radius 1 is 1.50 bits per heavy atom. The van der Waals surface area contributed by atoms with Crippen molar-refractivity contribution in [1.29, 1.82) is 0 Å². The first-order valence-corrected chi connectivity index (χ1v) is 5.59. The van der Waals surface area contributed by atoms with Crippen molar-refractivity contribution < 1.29 is 14.6 Å².